The summed E-state index contributed by atoms with van der Waals surface area (Å²) in [4.78, 5) is 62.6. The van der Waals surface area contributed by atoms with Crippen molar-refractivity contribution in [2.75, 3.05) is 24.8 Å². The minimum atomic E-state index is -1.25. The number of anilines is 1. The molecule has 3 aromatic carbocycles. The molecule has 3 atom stereocenters. The second-order valence-electron chi connectivity index (χ2n) is 11.4. The van der Waals surface area contributed by atoms with E-state index in [-0.39, 0.29) is 23.7 Å². The molecular formula is C37H35N5O8S2. The van der Waals surface area contributed by atoms with E-state index in [1.807, 2.05) is 91.0 Å². The Morgan fingerprint density at radius 3 is 2.12 bits per heavy atom. The SMILES string of the molecule is CCOC(=O)OC(C)OC(=O)C1=CCS[C@@H]2C(NC(=O)/C(=N\OC)c3csc(NC(c4ccccc4)(c4ccccc4)c4ccccc4)n3)C(=O)N12. The number of thioether (sulfide) groups is 1. The summed E-state index contributed by atoms with van der Waals surface area (Å²) in [5, 5.41) is 12.0. The van der Waals surface area contributed by atoms with Crippen molar-refractivity contribution in [2.45, 2.75) is 37.1 Å². The summed E-state index contributed by atoms with van der Waals surface area (Å²) in [6.07, 6.45) is -0.703. The van der Waals surface area contributed by atoms with Gasteiger partial charge < -0.3 is 29.7 Å². The molecule has 1 saturated heterocycles. The van der Waals surface area contributed by atoms with Crippen molar-refractivity contribution in [3.05, 3.63) is 131 Å². The quantitative estimate of drug-likeness (QED) is 0.0461. The van der Waals surface area contributed by atoms with Gasteiger partial charge in [-0.2, -0.15) is 0 Å². The van der Waals surface area contributed by atoms with Gasteiger partial charge in [0.1, 0.15) is 35.5 Å². The van der Waals surface area contributed by atoms with Crippen molar-refractivity contribution in [2.24, 2.45) is 5.16 Å². The van der Waals surface area contributed by atoms with E-state index in [0.717, 1.165) is 16.7 Å². The van der Waals surface area contributed by atoms with Gasteiger partial charge in [0.25, 0.3) is 11.8 Å². The van der Waals surface area contributed by atoms with Gasteiger partial charge in [-0.1, -0.05) is 96.2 Å². The lowest BCUT2D eigenvalue weighted by Crippen LogP contribution is -2.70. The van der Waals surface area contributed by atoms with Crippen molar-refractivity contribution in [1.82, 2.24) is 15.2 Å². The summed E-state index contributed by atoms with van der Waals surface area (Å²) in [6, 6.07) is 29.1. The van der Waals surface area contributed by atoms with Gasteiger partial charge in [-0.25, -0.2) is 14.6 Å². The molecule has 0 radical (unpaired) electrons. The Bertz CT molecular complexity index is 1880. The van der Waals surface area contributed by atoms with Crippen molar-refractivity contribution in [3.8, 4) is 0 Å². The Morgan fingerprint density at radius 1 is 0.962 bits per heavy atom. The summed E-state index contributed by atoms with van der Waals surface area (Å²) in [6.45, 7) is 3.05. The maximum absolute atomic E-state index is 13.7. The van der Waals surface area contributed by atoms with Gasteiger partial charge in [-0.15, -0.1) is 23.1 Å². The number of esters is 1. The average Bonchev–Trinajstić information content (AvgIpc) is 3.63. The molecule has 52 heavy (non-hydrogen) atoms. The number of oxime groups is 1. The summed E-state index contributed by atoms with van der Waals surface area (Å²) in [7, 11) is 1.31. The van der Waals surface area contributed by atoms with E-state index in [4.69, 9.17) is 24.0 Å². The lowest BCUT2D eigenvalue weighted by molar-refractivity contribution is -0.168. The Hall–Kier alpha value is -5.67. The monoisotopic (exact) mass is 741 g/mol. The number of amides is 2. The number of ether oxygens (including phenoxy) is 3. The van der Waals surface area contributed by atoms with Gasteiger partial charge in [-0.3, -0.25) is 14.5 Å². The zero-order valence-corrected chi connectivity index (χ0v) is 30.0. The molecule has 268 valence electrons. The van der Waals surface area contributed by atoms with Crippen LogP contribution < -0.4 is 10.6 Å². The van der Waals surface area contributed by atoms with Crippen LogP contribution in [0.15, 0.2) is 113 Å². The number of nitrogens with one attached hydrogen (secondary N) is 2. The van der Waals surface area contributed by atoms with Gasteiger partial charge in [0, 0.05) is 18.1 Å². The first-order chi connectivity index (χ1) is 25.3. The number of hydrogen-bond acceptors (Lipinski definition) is 13. The molecule has 0 aliphatic carbocycles. The summed E-state index contributed by atoms with van der Waals surface area (Å²) in [5.74, 6) is -1.71. The second-order valence-corrected chi connectivity index (χ2v) is 13.4. The minimum Gasteiger partial charge on any atom is -0.435 e. The molecular weight excluding hydrogens is 707 g/mol. The van der Waals surface area contributed by atoms with E-state index in [2.05, 4.69) is 15.8 Å². The van der Waals surface area contributed by atoms with E-state index in [9.17, 15) is 19.2 Å². The van der Waals surface area contributed by atoms with Crippen LogP contribution in [0.1, 0.15) is 36.2 Å². The number of β-lactam (4-membered cyclic amide) rings is 1. The highest BCUT2D eigenvalue weighted by Crippen LogP contribution is 2.41. The van der Waals surface area contributed by atoms with E-state index < -0.39 is 47.2 Å². The van der Waals surface area contributed by atoms with Crippen LogP contribution in [-0.2, 0) is 39.0 Å². The van der Waals surface area contributed by atoms with Crippen LogP contribution in [0.2, 0.25) is 0 Å². The van der Waals surface area contributed by atoms with Crippen molar-refractivity contribution in [3.63, 3.8) is 0 Å². The van der Waals surface area contributed by atoms with Gasteiger partial charge >= 0.3 is 12.1 Å². The van der Waals surface area contributed by atoms with Crippen molar-refractivity contribution < 1.29 is 38.2 Å². The molecule has 0 saturated carbocycles. The number of carbonyl (C=O) groups excluding carboxylic acids is 4. The highest BCUT2D eigenvalue weighted by Gasteiger charge is 2.53. The number of benzene rings is 3. The number of rotatable bonds is 13. The molecule has 6 rings (SSSR count). The van der Waals surface area contributed by atoms with Crippen molar-refractivity contribution >= 4 is 57.9 Å². The van der Waals surface area contributed by atoms with Gasteiger partial charge in [0.2, 0.25) is 6.29 Å². The smallest absolute Gasteiger partial charge is 0.435 e. The third-order valence-corrected chi connectivity index (χ3v) is 10.1. The van der Waals surface area contributed by atoms with Gasteiger partial charge in [0.15, 0.2) is 10.8 Å². The lowest BCUT2D eigenvalue weighted by Gasteiger charge is -2.48. The minimum absolute atomic E-state index is 0.0155. The van der Waals surface area contributed by atoms with Crippen LogP contribution in [0.5, 0.6) is 0 Å². The standard InChI is InChI=1S/C37H35N5O8S2/c1-4-48-36(46)50-23(2)49-34(45)28-20-21-51-33-30(32(44)42(28)33)39-31(43)29(41-47-3)27-22-52-35(38-27)40-37(24-14-8-5-9-15-24,25-16-10-6-11-17-25)26-18-12-7-13-19-26/h5-20,22-23,30,33H,4,21H2,1-3H3,(H,38,40)(H,39,43)/b41-29-/t23?,30?,33-/m1/s1. The topological polar surface area (TPSA) is 158 Å². The Labute approximate surface area is 308 Å². The molecule has 1 fully saturated rings. The number of thiazole rings is 1. The first kappa shape index (κ1) is 36.1. The fourth-order valence-electron chi connectivity index (χ4n) is 5.94. The third kappa shape index (κ3) is 7.36. The molecule has 4 aromatic rings. The molecule has 2 unspecified atom stereocenters. The maximum atomic E-state index is 13.7. The molecule has 2 N–H and O–H groups in total. The molecule has 2 amide bonds. The van der Waals surface area contributed by atoms with Crippen LogP contribution in [0.3, 0.4) is 0 Å². The van der Waals surface area contributed by atoms with Gasteiger partial charge in [-0.05, 0) is 29.7 Å². The zero-order valence-electron chi connectivity index (χ0n) is 28.4. The molecule has 1 aromatic heterocycles. The van der Waals surface area contributed by atoms with Gasteiger partial charge in [0.05, 0.1) is 6.61 Å². The predicted molar refractivity (Wildman–Crippen MR) is 195 cm³/mol. The number of nitrogens with zero attached hydrogens (tertiary/aromatic N) is 3. The van der Waals surface area contributed by atoms with E-state index >= 15 is 0 Å². The lowest BCUT2D eigenvalue weighted by atomic mass is 9.77. The van der Waals surface area contributed by atoms with E-state index in [0.29, 0.717) is 10.9 Å². The second kappa shape index (κ2) is 16.1. The van der Waals surface area contributed by atoms with E-state index in [1.54, 1.807) is 18.4 Å². The number of fused-ring (bicyclic) bond motifs is 1. The Morgan fingerprint density at radius 2 is 1.56 bits per heavy atom. The first-order valence-electron chi connectivity index (χ1n) is 16.3. The highest BCUT2D eigenvalue weighted by atomic mass is 32.2. The third-order valence-electron chi connectivity index (χ3n) is 8.20. The number of hydrogen-bond donors (Lipinski definition) is 2. The Kier molecular flexibility index (Phi) is 11.2. The Balaban J connectivity index is 1.20. The largest absolute Gasteiger partial charge is 0.511 e. The maximum Gasteiger partial charge on any atom is 0.511 e. The number of aromatic nitrogens is 1. The average molecular weight is 742 g/mol. The fraction of sp³-hybridized carbons (Fsp3) is 0.243. The molecule has 2 aliphatic heterocycles. The first-order valence-corrected chi connectivity index (χ1v) is 18.2. The molecule has 15 heteroatoms. The van der Waals surface area contributed by atoms with Crippen molar-refractivity contribution in [1.29, 1.82) is 0 Å². The zero-order chi connectivity index (χ0) is 36.7. The molecule has 0 spiro atoms. The summed E-state index contributed by atoms with van der Waals surface area (Å²) < 4.78 is 14.8. The molecule has 13 nitrogen and oxygen atoms in total. The molecule has 3 heterocycles. The number of carbonyl (C=O) groups is 4. The summed E-state index contributed by atoms with van der Waals surface area (Å²) >= 11 is 2.64. The predicted octanol–water partition coefficient (Wildman–Crippen LogP) is 5.24. The van der Waals surface area contributed by atoms with E-state index in [1.165, 1.54) is 42.0 Å². The summed E-state index contributed by atoms with van der Waals surface area (Å²) in [5.41, 5.74) is 2.16. The van der Waals surface area contributed by atoms with Crippen LogP contribution in [0, 0.1) is 0 Å². The fourth-order valence-corrected chi connectivity index (χ4v) is 7.88. The normalized spacial score (nSPS) is 17.4. The molecule has 0 bridgehead atoms. The highest BCUT2D eigenvalue weighted by molar-refractivity contribution is 8.00. The van der Waals surface area contributed by atoms with Crippen LogP contribution in [-0.4, -0.2) is 76.7 Å². The van der Waals surface area contributed by atoms with Crippen LogP contribution in [0.25, 0.3) is 0 Å². The van der Waals surface area contributed by atoms with Crippen LogP contribution >= 0.6 is 23.1 Å². The molecule has 2 aliphatic rings. The van der Waals surface area contributed by atoms with Crippen LogP contribution in [0.4, 0.5) is 9.93 Å².